The Morgan fingerprint density at radius 2 is 1.88 bits per heavy atom. The van der Waals surface area contributed by atoms with E-state index in [1.165, 1.54) is 6.21 Å². The van der Waals surface area contributed by atoms with Crippen molar-refractivity contribution in [2.24, 2.45) is 5.10 Å². The van der Waals surface area contributed by atoms with Gasteiger partial charge in [0.15, 0.2) is 0 Å². The molecule has 0 atom stereocenters. The van der Waals surface area contributed by atoms with Crippen molar-refractivity contribution < 1.29 is 13.2 Å². The molecule has 0 bridgehead atoms. The topological polar surface area (TPSA) is 78.8 Å². The first-order valence-electron chi connectivity index (χ1n) is 7.80. The lowest BCUT2D eigenvalue weighted by Crippen LogP contribution is -2.39. The van der Waals surface area contributed by atoms with Crippen molar-refractivity contribution in [3.05, 3.63) is 63.6 Å². The molecule has 1 N–H and O–H groups in total. The summed E-state index contributed by atoms with van der Waals surface area (Å²) in [6.45, 7) is 3.36. The molecule has 0 unspecified atom stereocenters. The van der Waals surface area contributed by atoms with Crippen LogP contribution in [0.5, 0.6) is 0 Å². The summed E-state index contributed by atoms with van der Waals surface area (Å²) < 4.78 is 26.3. The number of benzene rings is 2. The van der Waals surface area contributed by atoms with Crippen molar-refractivity contribution >= 4 is 43.8 Å². The van der Waals surface area contributed by atoms with E-state index in [0.29, 0.717) is 5.69 Å². The molecule has 6 nitrogen and oxygen atoms in total. The van der Waals surface area contributed by atoms with E-state index >= 15 is 0 Å². The molecule has 138 valence electrons. The van der Waals surface area contributed by atoms with Gasteiger partial charge in [-0.1, -0.05) is 46.3 Å². The van der Waals surface area contributed by atoms with Gasteiger partial charge in [0.25, 0.3) is 5.91 Å². The van der Waals surface area contributed by atoms with Crippen molar-refractivity contribution in [3.8, 4) is 0 Å². The molecule has 0 saturated heterocycles. The van der Waals surface area contributed by atoms with Crippen molar-refractivity contribution in [3.63, 3.8) is 0 Å². The number of amides is 1. The van der Waals surface area contributed by atoms with Crippen LogP contribution in [-0.2, 0) is 14.8 Å². The molecule has 0 aromatic heterocycles. The second-order valence-corrected chi connectivity index (χ2v) is 8.56. The van der Waals surface area contributed by atoms with Crippen LogP contribution in [0.3, 0.4) is 0 Å². The molecule has 2 rings (SSSR count). The van der Waals surface area contributed by atoms with Crippen molar-refractivity contribution in [1.82, 2.24) is 5.43 Å². The number of nitrogens with zero attached hydrogens (tertiary/aromatic N) is 2. The standard InChI is InChI=1S/C18H20BrN3O3S/c1-13-7-6-10-17(14(13)2)22(26(3,24)25)12-18(23)21-20-11-15-8-4-5-9-16(15)19/h4-11H,12H2,1-3H3,(H,21,23). The number of rotatable bonds is 6. The van der Waals surface area contributed by atoms with Gasteiger partial charge in [-0.05, 0) is 37.1 Å². The van der Waals surface area contributed by atoms with E-state index in [0.717, 1.165) is 31.7 Å². The summed E-state index contributed by atoms with van der Waals surface area (Å²) in [6.07, 6.45) is 2.57. The van der Waals surface area contributed by atoms with Gasteiger partial charge in [0.05, 0.1) is 18.2 Å². The van der Waals surface area contributed by atoms with Gasteiger partial charge in [0.1, 0.15) is 6.54 Å². The number of carbonyl (C=O) groups is 1. The Morgan fingerprint density at radius 1 is 1.19 bits per heavy atom. The zero-order valence-electron chi connectivity index (χ0n) is 14.7. The molecule has 0 aliphatic rings. The molecule has 0 heterocycles. The number of anilines is 1. The van der Waals surface area contributed by atoms with E-state index in [1.807, 2.05) is 44.2 Å². The molecule has 0 radical (unpaired) electrons. The van der Waals surface area contributed by atoms with Gasteiger partial charge in [-0.2, -0.15) is 5.10 Å². The summed E-state index contributed by atoms with van der Waals surface area (Å²) in [7, 11) is -3.62. The summed E-state index contributed by atoms with van der Waals surface area (Å²) >= 11 is 3.38. The summed E-state index contributed by atoms with van der Waals surface area (Å²) in [4.78, 5) is 12.2. The monoisotopic (exact) mass is 437 g/mol. The van der Waals surface area contributed by atoms with Crippen LogP contribution in [0.25, 0.3) is 0 Å². The zero-order valence-corrected chi connectivity index (χ0v) is 17.1. The maximum Gasteiger partial charge on any atom is 0.260 e. The summed E-state index contributed by atoms with van der Waals surface area (Å²) in [6, 6.07) is 12.7. The third-order valence-electron chi connectivity index (χ3n) is 3.83. The predicted octanol–water partition coefficient (Wildman–Crippen LogP) is 2.98. The molecule has 1 amide bonds. The highest BCUT2D eigenvalue weighted by Gasteiger charge is 2.22. The molecule has 0 spiro atoms. The van der Waals surface area contributed by atoms with E-state index in [9.17, 15) is 13.2 Å². The molecule has 2 aromatic rings. The molecule has 0 saturated carbocycles. The first kappa shape index (κ1) is 20.1. The third-order valence-corrected chi connectivity index (χ3v) is 5.68. The van der Waals surface area contributed by atoms with Crippen LogP contribution in [-0.4, -0.2) is 33.3 Å². The normalized spacial score (nSPS) is 11.5. The van der Waals surface area contributed by atoms with E-state index in [4.69, 9.17) is 0 Å². The quantitative estimate of drug-likeness (QED) is 0.557. The fraction of sp³-hybridized carbons (Fsp3) is 0.222. The van der Waals surface area contributed by atoms with Gasteiger partial charge in [-0.15, -0.1) is 0 Å². The van der Waals surface area contributed by atoms with Crippen LogP contribution >= 0.6 is 15.9 Å². The third kappa shape index (κ3) is 5.15. The zero-order chi connectivity index (χ0) is 19.3. The van der Waals surface area contributed by atoms with Crippen LogP contribution in [0.2, 0.25) is 0 Å². The molecule has 0 aliphatic heterocycles. The van der Waals surface area contributed by atoms with Gasteiger partial charge in [-0.25, -0.2) is 13.8 Å². The van der Waals surface area contributed by atoms with Crippen molar-refractivity contribution in [2.75, 3.05) is 17.1 Å². The van der Waals surface area contributed by atoms with Gasteiger partial charge in [-0.3, -0.25) is 9.10 Å². The van der Waals surface area contributed by atoms with Crippen molar-refractivity contribution in [1.29, 1.82) is 0 Å². The molecule has 0 fully saturated rings. The van der Waals surface area contributed by atoms with E-state index in [1.54, 1.807) is 12.1 Å². The fourth-order valence-electron chi connectivity index (χ4n) is 2.31. The Balaban J connectivity index is 2.15. The Labute approximate surface area is 162 Å². The molecule has 26 heavy (non-hydrogen) atoms. The summed E-state index contributed by atoms with van der Waals surface area (Å²) in [5.41, 5.74) is 5.40. The molecule has 2 aromatic carbocycles. The number of halogens is 1. The van der Waals surface area contributed by atoms with Gasteiger partial charge in [0.2, 0.25) is 10.0 Å². The number of aryl methyl sites for hydroxylation is 1. The van der Waals surface area contributed by atoms with Crippen LogP contribution in [0.15, 0.2) is 52.0 Å². The minimum absolute atomic E-state index is 0.351. The van der Waals surface area contributed by atoms with Crippen LogP contribution in [0.4, 0.5) is 5.69 Å². The highest BCUT2D eigenvalue weighted by molar-refractivity contribution is 9.10. The minimum Gasteiger partial charge on any atom is -0.271 e. The second kappa shape index (κ2) is 8.46. The summed E-state index contributed by atoms with van der Waals surface area (Å²) in [5, 5.41) is 3.90. The van der Waals surface area contributed by atoms with E-state index in [-0.39, 0.29) is 6.54 Å². The predicted molar refractivity (Wildman–Crippen MR) is 108 cm³/mol. The first-order valence-corrected chi connectivity index (χ1v) is 10.4. The first-order chi connectivity index (χ1) is 12.2. The fourth-order valence-corrected chi connectivity index (χ4v) is 3.60. The maximum absolute atomic E-state index is 12.2. The lowest BCUT2D eigenvalue weighted by Gasteiger charge is -2.23. The highest BCUT2D eigenvalue weighted by Crippen LogP contribution is 2.24. The van der Waals surface area contributed by atoms with Crippen LogP contribution < -0.4 is 9.73 Å². The van der Waals surface area contributed by atoms with Crippen LogP contribution in [0, 0.1) is 13.8 Å². The lowest BCUT2D eigenvalue weighted by molar-refractivity contribution is -0.119. The second-order valence-electron chi connectivity index (χ2n) is 5.80. The Bertz CT molecular complexity index is 942. The Hall–Kier alpha value is -2.19. The lowest BCUT2D eigenvalue weighted by atomic mass is 10.1. The SMILES string of the molecule is Cc1cccc(N(CC(=O)NN=Cc2ccccc2Br)S(C)(=O)=O)c1C. The minimum atomic E-state index is -3.62. The number of carbonyl (C=O) groups excluding carboxylic acids is 1. The smallest absolute Gasteiger partial charge is 0.260 e. The number of hydrogen-bond acceptors (Lipinski definition) is 4. The number of sulfonamides is 1. The van der Waals surface area contributed by atoms with Gasteiger partial charge >= 0.3 is 0 Å². The van der Waals surface area contributed by atoms with Crippen molar-refractivity contribution in [2.45, 2.75) is 13.8 Å². The number of hydrazone groups is 1. The number of nitrogens with one attached hydrogen (secondary N) is 1. The maximum atomic E-state index is 12.2. The molecule has 0 aliphatic carbocycles. The highest BCUT2D eigenvalue weighted by atomic mass is 79.9. The van der Waals surface area contributed by atoms with E-state index in [2.05, 4.69) is 26.5 Å². The average Bonchev–Trinajstić information content (AvgIpc) is 2.56. The average molecular weight is 438 g/mol. The van der Waals surface area contributed by atoms with Gasteiger partial charge in [0, 0.05) is 10.0 Å². The van der Waals surface area contributed by atoms with Gasteiger partial charge < -0.3 is 0 Å². The Morgan fingerprint density at radius 3 is 2.54 bits per heavy atom. The largest absolute Gasteiger partial charge is 0.271 e. The van der Waals surface area contributed by atoms with E-state index < -0.39 is 15.9 Å². The summed E-state index contributed by atoms with van der Waals surface area (Å²) in [5.74, 6) is -0.528. The van der Waals surface area contributed by atoms with Crippen LogP contribution in [0.1, 0.15) is 16.7 Å². The molecular weight excluding hydrogens is 418 g/mol. The molecular formula is C18H20BrN3O3S. The molecule has 8 heteroatoms. The number of hydrogen-bond donors (Lipinski definition) is 1. The Kier molecular flexibility index (Phi) is 6.55.